The van der Waals surface area contributed by atoms with Crippen LogP contribution in [0.25, 0.3) is 11.3 Å². The monoisotopic (exact) mass is 253 g/mol. The molecule has 0 saturated carbocycles. The second-order valence-corrected chi connectivity index (χ2v) is 5.07. The highest BCUT2D eigenvalue weighted by Crippen LogP contribution is 2.25. The Bertz CT molecular complexity index is 405. The van der Waals surface area contributed by atoms with E-state index in [2.05, 4.69) is 51.5 Å². The Morgan fingerprint density at radius 3 is 2.46 bits per heavy atom. The Kier molecular flexibility index (Phi) is 2.47. The SMILES string of the molecule is Cc1ccc(-c2cc(Br)sn2)cc1. The maximum absolute atomic E-state index is 4.31. The van der Waals surface area contributed by atoms with Crippen LogP contribution in [-0.2, 0) is 0 Å². The summed E-state index contributed by atoms with van der Waals surface area (Å²) in [6.45, 7) is 2.08. The molecule has 0 spiro atoms. The van der Waals surface area contributed by atoms with E-state index in [4.69, 9.17) is 0 Å². The molecule has 1 aromatic heterocycles. The zero-order chi connectivity index (χ0) is 9.26. The molecular weight excluding hydrogens is 246 g/mol. The van der Waals surface area contributed by atoms with Gasteiger partial charge < -0.3 is 0 Å². The van der Waals surface area contributed by atoms with E-state index in [9.17, 15) is 0 Å². The second kappa shape index (κ2) is 3.60. The summed E-state index contributed by atoms with van der Waals surface area (Å²) in [7, 11) is 0. The van der Waals surface area contributed by atoms with E-state index in [0.717, 1.165) is 9.48 Å². The summed E-state index contributed by atoms with van der Waals surface area (Å²) in [5.41, 5.74) is 3.49. The van der Waals surface area contributed by atoms with Crippen molar-refractivity contribution in [3.05, 3.63) is 39.7 Å². The molecule has 1 aromatic carbocycles. The van der Waals surface area contributed by atoms with Crippen LogP contribution in [0.15, 0.2) is 34.1 Å². The number of rotatable bonds is 1. The van der Waals surface area contributed by atoms with Gasteiger partial charge in [-0.05, 0) is 40.5 Å². The van der Waals surface area contributed by atoms with Crippen LogP contribution in [0.5, 0.6) is 0 Å². The molecule has 1 heterocycles. The van der Waals surface area contributed by atoms with Crippen LogP contribution >= 0.6 is 27.5 Å². The molecular formula is C10H8BrNS. The largest absolute Gasteiger partial charge is 0.191 e. The molecule has 0 unspecified atom stereocenters. The number of aryl methyl sites for hydroxylation is 1. The normalized spacial score (nSPS) is 10.3. The Morgan fingerprint density at radius 2 is 1.92 bits per heavy atom. The summed E-state index contributed by atoms with van der Waals surface area (Å²) < 4.78 is 5.38. The lowest BCUT2D eigenvalue weighted by atomic mass is 10.1. The summed E-state index contributed by atoms with van der Waals surface area (Å²) >= 11 is 4.87. The van der Waals surface area contributed by atoms with Crippen molar-refractivity contribution >= 4 is 27.5 Å². The molecule has 13 heavy (non-hydrogen) atoms. The van der Waals surface area contributed by atoms with E-state index >= 15 is 0 Å². The summed E-state index contributed by atoms with van der Waals surface area (Å²) in [5, 5.41) is 0. The van der Waals surface area contributed by atoms with E-state index in [1.165, 1.54) is 22.7 Å². The third-order valence-corrected chi connectivity index (χ3v) is 3.07. The molecule has 0 fully saturated rings. The van der Waals surface area contributed by atoms with Crippen molar-refractivity contribution in [1.29, 1.82) is 0 Å². The van der Waals surface area contributed by atoms with E-state index < -0.39 is 0 Å². The molecule has 0 aliphatic rings. The zero-order valence-electron chi connectivity index (χ0n) is 7.12. The maximum atomic E-state index is 4.31. The van der Waals surface area contributed by atoms with E-state index in [-0.39, 0.29) is 0 Å². The predicted octanol–water partition coefficient (Wildman–Crippen LogP) is 3.88. The van der Waals surface area contributed by atoms with Crippen molar-refractivity contribution in [3.8, 4) is 11.3 Å². The van der Waals surface area contributed by atoms with E-state index in [1.54, 1.807) is 0 Å². The molecule has 0 radical (unpaired) electrons. The summed E-state index contributed by atoms with van der Waals surface area (Å²) in [5.74, 6) is 0. The summed E-state index contributed by atoms with van der Waals surface area (Å²) in [6, 6.07) is 10.4. The number of aromatic nitrogens is 1. The van der Waals surface area contributed by atoms with Crippen LogP contribution in [0.1, 0.15) is 5.56 Å². The van der Waals surface area contributed by atoms with Gasteiger partial charge in [0, 0.05) is 5.56 Å². The van der Waals surface area contributed by atoms with Gasteiger partial charge in [-0.2, -0.15) is 4.37 Å². The first-order valence-electron chi connectivity index (χ1n) is 3.95. The van der Waals surface area contributed by atoms with Crippen LogP contribution in [0.4, 0.5) is 0 Å². The quantitative estimate of drug-likeness (QED) is 0.752. The Morgan fingerprint density at radius 1 is 1.23 bits per heavy atom. The number of benzene rings is 1. The number of hydrogen-bond acceptors (Lipinski definition) is 2. The minimum absolute atomic E-state index is 1.04. The highest BCUT2D eigenvalue weighted by molar-refractivity contribution is 9.11. The van der Waals surface area contributed by atoms with E-state index in [1.807, 2.05) is 6.07 Å². The van der Waals surface area contributed by atoms with Crippen molar-refractivity contribution in [2.45, 2.75) is 6.92 Å². The molecule has 0 N–H and O–H groups in total. The minimum Gasteiger partial charge on any atom is -0.191 e. The topological polar surface area (TPSA) is 12.9 Å². The van der Waals surface area contributed by atoms with Crippen LogP contribution in [0, 0.1) is 6.92 Å². The van der Waals surface area contributed by atoms with Gasteiger partial charge in [-0.3, -0.25) is 0 Å². The first kappa shape index (κ1) is 8.91. The average molecular weight is 254 g/mol. The Balaban J connectivity index is 2.41. The Hall–Kier alpha value is -0.670. The van der Waals surface area contributed by atoms with Gasteiger partial charge in [0.25, 0.3) is 0 Å². The van der Waals surface area contributed by atoms with Gasteiger partial charge in [-0.1, -0.05) is 29.8 Å². The van der Waals surface area contributed by atoms with Gasteiger partial charge in [-0.25, -0.2) is 0 Å². The van der Waals surface area contributed by atoms with Gasteiger partial charge in [-0.15, -0.1) is 0 Å². The van der Waals surface area contributed by atoms with Gasteiger partial charge in [0.05, 0.1) is 9.48 Å². The number of hydrogen-bond donors (Lipinski definition) is 0. The van der Waals surface area contributed by atoms with Crippen LogP contribution in [0.2, 0.25) is 0 Å². The average Bonchev–Trinajstić information content (AvgIpc) is 2.53. The number of nitrogens with zero attached hydrogens (tertiary/aromatic N) is 1. The van der Waals surface area contributed by atoms with Crippen LogP contribution in [-0.4, -0.2) is 4.37 Å². The molecule has 0 amide bonds. The van der Waals surface area contributed by atoms with Gasteiger partial charge in [0.15, 0.2) is 0 Å². The minimum atomic E-state index is 1.04. The van der Waals surface area contributed by atoms with Crippen molar-refractivity contribution in [2.24, 2.45) is 0 Å². The number of halogens is 1. The molecule has 0 atom stereocenters. The van der Waals surface area contributed by atoms with Crippen LogP contribution < -0.4 is 0 Å². The third kappa shape index (κ3) is 1.98. The van der Waals surface area contributed by atoms with Gasteiger partial charge in [0.2, 0.25) is 0 Å². The lowest BCUT2D eigenvalue weighted by Crippen LogP contribution is -1.76. The highest BCUT2D eigenvalue weighted by Gasteiger charge is 2.01. The standard InChI is InChI=1S/C10H8BrNS/c1-7-2-4-8(5-3-7)9-6-10(11)13-12-9/h2-6H,1H3. The van der Waals surface area contributed by atoms with Crippen molar-refractivity contribution in [2.75, 3.05) is 0 Å². The summed E-state index contributed by atoms with van der Waals surface area (Å²) in [6.07, 6.45) is 0. The first-order chi connectivity index (χ1) is 6.25. The van der Waals surface area contributed by atoms with Gasteiger partial charge in [0.1, 0.15) is 0 Å². The maximum Gasteiger partial charge on any atom is 0.0911 e. The molecule has 0 saturated heterocycles. The van der Waals surface area contributed by atoms with Crippen molar-refractivity contribution in [1.82, 2.24) is 4.37 Å². The Labute approximate surface area is 89.7 Å². The fraction of sp³-hybridized carbons (Fsp3) is 0.100. The predicted molar refractivity (Wildman–Crippen MR) is 60.0 cm³/mol. The molecule has 2 rings (SSSR count). The molecule has 66 valence electrons. The smallest absolute Gasteiger partial charge is 0.0911 e. The lowest BCUT2D eigenvalue weighted by molar-refractivity contribution is 1.45. The summed E-state index contributed by atoms with van der Waals surface area (Å²) in [4.78, 5) is 0. The third-order valence-electron chi connectivity index (χ3n) is 1.83. The van der Waals surface area contributed by atoms with Crippen molar-refractivity contribution < 1.29 is 0 Å². The zero-order valence-corrected chi connectivity index (χ0v) is 9.52. The molecule has 1 nitrogen and oxygen atoms in total. The molecule has 2 aromatic rings. The molecule has 3 heteroatoms. The van der Waals surface area contributed by atoms with Crippen molar-refractivity contribution in [3.63, 3.8) is 0 Å². The molecule has 0 bridgehead atoms. The molecule has 0 aliphatic carbocycles. The van der Waals surface area contributed by atoms with E-state index in [0.29, 0.717) is 0 Å². The lowest BCUT2D eigenvalue weighted by Gasteiger charge is -1.95. The first-order valence-corrected chi connectivity index (χ1v) is 5.51. The molecule has 0 aliphatic heterocycles. The fourth-order valence-corrected chi connectivity index (χ4v) is 2.06. The fourth-order valence-electron chi connectivity index (χ4n) is 1.11. The van der Waals surface area contributed by atoms with Gasteiger partial charge >= 0.3 is 0 Å². The second-order valence-electron chi connectivity index (χ2n) is 2.88. The highest BCUT2D eigenvalue weighted by atomic mass is 79.9. The van der Waals surface area contributed by atoms with Crippen LogP contribution in [0.3, 0.4) is 0 Å².